The molecule has 1 aromatic rings. The highest BCUT2D eigenvalue weighted by Gasteiger charge is 2.24. The predicted octanol–water partition coefficient (Wildman–Crippen LogP) is 2.04. The van der Waals surface area contributed by atoms with E-state index in [-0.39, 0.29) is 5.41 Å². The van der Waals surface area contributed by atoms with Gasteiger partial charge in [-0.15, -0.1) is 0 Å². The molecule has 3 heteroatoms. The number of hydrogen-bond donors (Lipinski definition) is 1. The van der Waals surface area contributed by atoms with Gasteiger partial charge >= 0.3 is 0 Å². The molecule has 0 saturated heterocycles. The Bertz CT molecular complexity index is 277. The molecule has 1 atom stereocenters. The second kappa shape index (κ2) is 5.21. The quantitative estimate of drug-likeness (QED) is 0.821. The van der Waals surface area contributed by atoms with Gasteiger partial charge in [0, 0.05) is 18.7 Å². The number of rotatable bonds is 4. The van der Waals surface area contributed by atoms with Gasteiger partial charge in [0.1, 0.15) is 0 Å². The van der Waals surface area contributed by atoms with Crippen LogP contribution in [0.2, 0.25) is 0 Å². The van der Waals surface area contributed by atoms with Crippen LogP contribution in [0.15, 0.2) is 18.3 Å². The molecule has 1 rings (SSSR count). The standard InChI is InChI=1S/C12H21N3/c1-5-13-11(12(2,3)4)9-10-7-6-8-14-15-10/h6-8,11,13H,5,9H2,1-4H3. The molecule has 0 saturated carbocycles. The monoisotopic (exact) mass is 207 g/mol. The first-order valence-corrected chi connectivity index (χ1v) is 5.54. The molecule has 0 aliphatic heterocycles. The van der Waals surface area contributed by atoms with Gasteiger partial charge in [0.2, 0.25) is 0 Å². The van der Waals surface area contributed by atoms with Gasteiger partial charge in [0.25, 0.3) is 0 Å². The molecule has 0 aliphatic carbocycles. The Hall–Kier alpha value is -0.960. The zero-order chi connectivity index (χ0) is 11.3. The van der Waals surface area contributed by atoms with Crippen LogP contribution < -0.4 is 5.32 Å². The van der Waals surface area contributed by atoms with Crippen LogP contribution in [0, 0.1) is 5.41 Å². The lowest BCUT2D eigenvalue weighted by atomic mass is 9.84. The van der Waals surface area contributed by atoms with Crippen LogP contribution in [-0.2, 0) is 6.42 Å². The topological polar surface area (TPSA) is 37.8 Å². The van der Waals surface area contributed by atoms with Crippen LogP contribution in [0.3, 0.4) is 0 Å². The molecule has 1 heterocycles. The zero-order valence-electron chi connectivity index (χ0n) is 10.1. The lowest BCUT2D eigenvalue weighted by Gasteiger charge is -2.31. The molecule has 1 N–H and O–H groups in total. The molecular formula is C12H21N3. The molecule has 0 bridgehead atoms. The van der Waals surface area contributed by atoms with Crippen LogP contribution in [0.5, 0.6) is 0 Å². The van der Waals surface area contributed by atoms with Crippen LogP contribution in [0.4, 0.5) is 0 Å². The van der Waals surface area contributed by atoms with E-state index in [2.05, 4.69) is 43.2 Å². The Morgan fingerprint density at radius 3 is 2.60 bits per heavy atom. The Morgan fingerprint density at radius 2 is 2.13 bits per heavy atom. The van der Waals surface area contributed by atoms with E-state index in [1.807, 2.05) is 12.1 Å². The Morgan fingerprint density at radius 1 is 1.40 bits per heavy atom. The summed E-state index contributed by atoms with van der Waals surface area (Å²) < 4.78 is 0. The number of hydrogen-bond acceptors (Lipinski definition) is 3. The van der Waals surface area contributed by atoms with Crippen molar-refractivity contribution in [1.29, 1.82) is 0 Å². The maximum Gasteiger partial charge on any atom is 0.0646 e. The summed E-state index contributed by atoms with van der Waals surface area (Å²) in [7, 11) is 0. The summed E-state index contributed by atoms with van der Waals surface area (Å²) in [6, 6.07) is 4.41. The lowest BCUT2D eigenvalue weighted by molar-refractivity contribution is 0.268. The van der Waals surface area contributed by atoms with E-state index < -0.39 is 0 Å². The summed E-state index contributed by atoms with van der Waals surface area (Å²) in [4.78, 5) is 0. The molecule has 0 aliphatic rings. The minimum Gasteiger partial charge on any atom is -0.313 e. The third-order valence-corrected chi connectivity index (χ3v) is 2.54. The van der Waals surface area contributed by atoms with E-state index in [1.54, 1.807) is 6.20 Å². The second-order valence-corrected chi connectivity index (χ2v) is 4.90. The van der Waals surface area contributed by atoms with E-state index in [4.69, 9.17) is 0 Å². The Kier molecular flexibility index (Phi) is 4.21. The van der Waals surface area contributed by atoms with Gasteiger partial charge < -0.3 is 5.32 Å². The summed E-state index contributed by atoms with van der Waals surface area (Å²) in [6.45, 7) is 9.86. The third-order valence-electron chi connectivity index (χ3n) is 2.54. The minimum absolute atomic E-state index is 0.244. The fourth-order valence-electron chi connectivity index (χ4n) is 1.58. The van der Waals surface area contributed by atoms with Crippen molar-refractivity contribution in [3.63, 3.8) is 0 Å². The smallest absolute Gasteiger partial charge is 0.0646 e. The summed E-state index contributed by atoms with van der Waals surface area (Å²) in [5, 5.41) is 11.5. The van der Waals surface area contributed by atoms with E-state index in [9.17, 15) is 0 Å². The highest BCUT2D eigenvalue weighted by atomic mass is 15.1. The molecule has 1 aromatic heterocycles. The Labute approximate surface area is 92.3 Å². The van der Waals surface area contributed by atoms with Crippen LogP contribution in [0.1, 0.15) is 33.4 Å². The minimum atomic E-state index is 0.244. The van der Waals surface area contributed by atoms with Gasteiger partial charge in [0.15, 0.2) is 0 Å². The van der Waals surface area contributed by atoms with Gasteiger partial charge in [-0.05, 0) is 24.1 Å². The van der Waals surface area contributed by atoms with Gasteiger partial charge in [0.05, 0.1) is 5.69 Å². The summed E-state index contributed by atoms with van der Waals surface area (Å²) >= 11 is 0. The van der Waals surface area contributed by atoms with Crippen LogP contribution >= 0.6 is 0 Å². The third kappa shape index (κ3) is 3.96. The van der Waals surface area contributed by atoms with Crippen molar-refractivity contribution in [3.8, 4) is 0 Å². The first-order chi connectivity index (χ1) is 7.04. The molecular weight excluding hydrogens is 186 g/mol. The zero-order valence-corrected chi connectivity index (χ0v) is 10.1. The summed E-state index contributed by atoms with van der Waals surface area (Å²) in [5.41, 5.74) is 1.30. The molecule has 15 heavy (non-hydrogen) atoms. The fourth-order valence-corrected chi connectivity index (χ4v) is 1.58. The van der Waals surface area contributed by atoms with Gasteiger partial charge in [-0.25, -0.2) is 0 Å². The highest BCUT2D eigenvalue weighted by molar-refractivity contribution is 5.03. The van der Waals surface area contributed by atoms with Gasteiger partial charge in [-0.1, -0.05) is 27.7 Å². The first kappa shape index (κ1) is 12.1. The highest BCUT2D eigenvalue weighted by Crippen LogP contribution is 2.21. The lowest BCUT2D eigenvalue weighted by Crippen LogP contribution is -2.42. The van der Waals surface area contributed by atoms with Crippen LogP contribution in [-0.4, -0.2) is 22.8 Å². The van der Waals surface area contributed by atoms with Crippen molar-refractivity contribution >= 4 is 0 Å². The van der Waals surface area contributed by atoms with Crippen molar-refractivity contribution in [2.24, 2.45) is 5.41 Å². The molecule has 0 fully saturated rings. The van der Waals surface area contributed by atoms with E-state index >= 15 is 0 Å². The second-order valence-electron chi connectivity index (χ2n) is 4.90. The maximum absolute atomic E-state index is 4.12. The molecule has 3 nitrogen and oxygen atoms in total. The molecule has 0 amide bonds. The molecule has 0 radical (unpaired) electrons. The largest absolute Gasteiger partial charge is 0.313 e. The van der Waals surface area contributed by atoms with Crippen molar-refractivity contribution in [2.75, 3.05) is 6.54 Å². The Balaban J connectivity index is 2.67. The fraction of sp³-hybridized carbons (Fsp3) is 0.667. The summed E-state index contributed by atoms with van der Waals surface area (Å²) in [5.74, 6) is 0. The van der Waals surface area contributed by atoms with Crippen molar-refractivity contribution < 1.29 is 0 Å². The van der Waals surface area contributed by atoms with E-state index in [0.29, 0.717) is 6.04 Å². The van der Waals surface area contributed by atoms with Gasteiger partial charge in [-0.2, -0.15) is 10.2 Å². The number of nitrogens with zero attached hydrogens (tertiary/aromatic N) is 2. The van der Waals surface area contributed by atoms with Crippen molar-refractivity contribution in [3.05, 3.63) is 24.0 Å². The SMILES string of the molecule is CCNC(Cc1cccnn1)C(C)(C)C. The van der Waals surface area contributed by atoms with E-state index in [1.165, 1.54) is 0 Å². The molecule has 0 spiro atoms. The number of aromatic nitrogens is 2. The normalized spacial score (nSPS) is 13.9. The molecule has 84 valence electrons. The average Bonchev–Trinajstić information content (AvgIpc) is 2.17. The summed E-state index contributed by atoms with van der Waals surface area (Å²) in [6.07, 6.45) is 2.65. The predicted molar refractivity (Wildman–Crippen MR) is 62.7 cm³/mol. The van der Waals surface area contributed by atoms with Gasteiger partial charge in [-0.3, -0.25) is 0 Å². The number of likely N-dealkylation sites (N-methyl/N-ethyl adjacent to an activating group) is 1. The van der Waals surface area contributed by atoms with E-state index in [0.717, 1.165) is 18.7 Å². The first-order valence-electron chi connectivity index (χ1n) is 5.54. The van der Waals surface area contributed by atoms with Crippen LogP contribution in [0.25, 0.3) is 0 Å². The molecule has 0 aromatic carbocycles. The molecule has 1 unspecified atom stereocenters. The average molecular weight is 207 g/mol. The maximum atomic E-state index is 4.12. The number of nitrogens with one attached hydrogen (secondary N) is 1. The van der Waals surface area contributed by atoms with Crippen molar-refractivity contribution in [1.82, 2.24) is 15.5 Å². The van der Waals surface area contributed by atoms with Crippen molar-refractivity contribution in [2.45, 2.75) is 40.2 Å².